The van der Waals surface area contributed by atoms with Crippen LogP contribution in [-0.4, -0.2) is 6.04 Å². The molecule has 0 aliphatic rings. The molecule has 1 atom stereocenters. The van der Waals surface area contributed by atoms with E-state index in [0.717, 1.165) is 25.0 Å². The fourth-order valence-corrected chi connectivity index (χ4v) is 1.81. The molecule has 0 aliphatic carbocycles. The molecule has 17 heavy (non-hydrogen) atoms. The van der Waals surface area contributed by atoms with Crippen molar-refractivity contribution in [3.05, 3.63) is 28.8 Å². The van der Waals surface area contributed by atoms with Gasteiger partial charge in [0.1, 0.15) is 0 Å². The molecule has 5 heteroatoms. The topological polar surface area (TPSA) is 12.0 Å². The maximum Gasteiger partial charge on any atom is 0.416 e. The molecule has 96 valence electrons. The fraction of sp³-hybridized carbons (Fsp3) is 0.500. The fourth-order valence-electron chi connectivity index (χ4n) is 1.58. The van der Waals surface area contributed by atoms with Crippen molar-refractivity contribution in [1.29, 1.82) is 0 Å². The minimum absolute atomic E-state index is 0.0998. The van der Waals surface area contributed by atoms with Crippen molar-refractivity contribution in [3.8, 4) is 0 Å². The number of anilines is 1. The van der Waals surface area contributed by atoms with Gasteiger partial charge in [0.15, 0.2) is 0 Å². The van der Waals surface area contributed by atoms with Crippen molar-refractivity contribution in [2.45, 2.75) is 38.9 Å². The number of alkyl halides is 3. The van der Waals surface area contributed by atoms with E-state index in [1.54, 1.807) is 0 Å². The Hall–Kier alpha value is -0.900. The quantitative estimate of drug-likeness (QED) is 0.811. The largest absolute Gasteiger partial charge is 0.416 e. The van der Waals surface area contributed by atoms with E-state index in [1.807, 2.05) is 13.8 Å². The van der Waals surface area contributed by atoms with E-state index in [9.17, 15) is 13.2 Å². The van der Waals surface area contributed by atoms with E-state index in [0.29, 0.717) is 5.69 Å². The Kier molecular flexibility index (Phi) is 4.69. The minimum atomic E-state index is -4.35. The highest BCUT2D eigenvalue weighted by Gasteiger charge is 2.30. The second kappa shape index (κ2) is 5.63. The van der Waals surface area contributed by atoms with Crippen LogP contribution < -0.4 is 5.32 Å². The van der Waals surface area contributed by atoms with Crippen LogP contribution in [0.15, 0.2) is 18.2 Å². The molecule has 1 unspecified atom stereocenters. The van der Waals surface area contributed by atoms with E-state index in [4.69, 9.17) is 11.6 Å². The molecule has 0 fully saturated rings. The van der Waals surface area contributed by atoms with E-state index in [2.05, 4.69) is 5.32 Å². The number of halogens is 4. The summed E-state index contributed by atoms with van der Waals surface area (Å²) < 4.78 is 37.2. The van der Waals surface area contributed by atoms with Gasteiger partial charge in [-0.1, -0.05) is 24.9 Å². The molecule has 0 saturated heterocycles. The summed E-state index contributed by atoms with van der Waals surface area (Å²) in [7, 11) is 0. The van der Waals surface area contributed by atoms with Crippen LogP contribution in [0.4, 0.5) is 18.9 Å². The van der Waals surface area contributed by atoms with E-state index in [-0.39, 0.29) is 11.1 Å². The Bertz CT molecular complexity index is 377. The maximum absolute atomic E-state index is 12.4. The molecule has 1 N–H and O–H groups in total. The van der Waals surface area contributed by atoms with Gasteiger partial charge in [0.25, 0.3) is 0 Å². The molecule has 0 saturated carbocycles. The Morgan fingerprint density at radius 3 is 2.47 bits per heavy atom. The first-order valence-corrected chi connectivity index (χ1v) is 5.85. The molecule has 0 aromatic heterocycles. The Morgan fingerprint density at radius 1 is 1.35 bits per heavy atom. The molecule has 0 aliphatic heterocycles. The second-order valence-electron chi connectivity index (χ2n) is 4.03. The zero-order chi connectivity index (χ0) is 13.1. The van der Waals surface area contributed by atoms with Crippen molar-refractivity contribution in [3.63, 3.8) is 0 Å². The van der Waals surface area contributed by atoms with Crippen molar-refractivity contribution in [1.82, 2.24) is 0 Å². The van der Waals surface area contributed by atoms with Crippen LogP contribution in [0.1, 0.15) is 32.3 Å². The lowest BCUT2D eigenvalue weighted by Crippen LogP contribution is -2.15. The third kappa shape index (κ3) is 4.11. The monoisotopic (exact) mass is 265 g/mol. The van der Waals surface area contributed by atoms with Gasteiger partial charge >= 0.3 is 6.18 Å². The SMILES string of the molecule is CCCC(C)Nc1ccc(C(F)(F)F)cc1Cl. The van der Waals surface area contributed by atoms with E-state index in [1.165, 1.54) is 6.07 Å². The number of hydrogen-bond acceptors (Lipinski definition) is 1. The Balaban J connectivity index is 2.83. The smallest absolute Gasteiger partial charge is 0.381 e. The zero-order valence-corrected chi connectivity index (χ0v) is 10.5. The van der Waals surface area contributed by atoms with E-state index < -0.39 is 11.7 Å². The highest BCUT2D eigenvalue weighted by atomic mass is 35.5. The van der Waals surface area contributed by atoms with Crippen molar-refractivity contribution >= 4 is 17.3 Å². The highest BCUT2D eigenvalue weighted by molar-refractivity contribution is 6.33. The molecule has 0 bridgehead atoms. The van der Waals surface area contributed by atoms with E-state index >= 15 is 0 Å². The lowest BCUT2D eigenvalue weighted by Gasteiger charge is -2.16. The van der Waals surface area contributed by atoms with Crippen LogP contribution in [0.2, 0.25) is 5.02 Å². The molecule has 0 radical (unpaired) electrons. The normalized spacial score (nSPS) is 13.5. The predicted molar refractivity (Wildman–Crippen MR) is 64.4 cm³/mol. The predicted octanol–water partition coefficient (Wildman–Crippen LogP) is 4.96. The number of hydrogen-bond donors (Lipinski definition) is 1. The van der Waals surface area contributed by atoms with Gasteiger partial charge in [0.2, 0.25) is 0 Å². The highest BCUT2D eigenvalue weighted by Crippen LogP contribution is 2.34. The van der Waals surface area contributed by atoms with Gasteiger partial charge in [0, 0.05) is 6.04 Å². The van der Waals surface area contributed by atoms with Crippen LogP contribution >= 0.6 is 11.6 Å². The Morgan fingerprint density at radius 2 is 2.00 bits per heavy atom. The summed E-state index contributed by atoms with van der Waals surface area (Å²) in [4.78, 5) is 0. The summed E-state index contributed by atoms with van der Waals surface area (Å²) in [6, 6.07) is 3.54. The second-order valence-corrected chi connectivity index (χ2v) is 4.43. The van der Waals surface area contributed by atoms with Crippen LogP contribution in [0, 0.1) is 0 Å². The molecule has 1 rings (SSSR count). The minimum Gasteiger partial charge on any atom is -0.381 e. The van der Waals surface area contributed by atoms with Crippen molar-refractivity contribution in [2.24, 2.45) is 0 Å². The van der Waals surface area contributed by atoms with Crippen LogP contribution in [0.5, 0.6) is 0 Å². The molecular formula is C12H15ClF3N. The summed E-state index contributed by atoms with van der Waals surface area (Å²) >= 11 is 5.82. The third-order valence-corrected chi connectivity index (χ3v) is 2.73. The average molecular weight is 266 g/mol. The Labute approximate surface area is 104 Å². The molecule has 0 amide bonds. The van der Waals surface area contributed by atoms with Gasteiger partial charge in [-0.3, -0.25) is 0 Å². The molecule has 1 nitrogen and oxygen atoms in total. The van der Waals surface area contributed by atoms with Crippen molar-refractivity contribution in [2.75, 3.05) is 5.32 Å². The standard InChI is InChI=1S/C12H15ClF3N/c1-3-4-8(2)17-11-6-5-9(7-10(11)13)12(14,15)16/h5-8,17H,3-4H2,1-2H3. The first-order valence-electron chi connectivity index (χ1n) is 5.48. The van der Waals surface area contributed by atoms with Crippen molar-refractivity contribution < 1.29 is 13.2 Å². The summed E-state index contributed by atoms with van der Waals surface area (Å²) in [5.41, 5.74) is -0.184. The van der Waals surface area contributed by atoms with Gasteiger partial charge in [-0.15, -0.1) is 0 Å². The van der Waals surface area contributed by atoms with Gasteiger partial charge in [0.05, 0.1) is 16.3 Å². The average Bonchev–Trinajstić information content (AvgIpc) is 2.20. The number of benzene rings is 1. The first kappa shape index (κ1) is 14.2. The number of rotatable bonds is 4. The zero-order valence-electron chi connectivity index (χ0n) is 9.74. The summed E-state index contributed by atoms with van der Waals surface area (Å²) in [5, 5.41) is 3.19. The maximum atomic E-state index is 12.4. The van der Waals surface area contributed by atoms with Gasteiger partial charge in [-0.25, -0.2) is 0 Å². The molecular weight excluding hydrogens is 251 g/mol. The van der Waals surface area contributed by atoms with Gasteiger partial charge < -0.3 is 5.32 Å². The summed E-state index contributed by atoms with van der Waals surface area (Å²) in [6.45, 7) is 4.02. The third-order valence-electron chi connectivity index (χ3n) is 2.42. The lowest BCUT2D eigenvalue weighted by atomic mass is 10.1. The molecule has 0 heterocycles. The lowest BCUT2D eigenvalue weighted by molar-refractivity contribution is -0.137. The number of nitrogens with one attached hydrogen (secondary N) is 1. The van der Waals surface area contributed by atoms with Crippen LogP contribution in [-0.2, 0) is 6.18 Å². The first-order chi connectivity index (χ1) is 7.84. The van der Waals surface area contributed by atoms with Gasteiger partial charge in [-0.2, -0.15) is 13.2 Å². The van der Waals surface area contributed by atoms with Gasteiger partial charge in [-0.05, 0) is 31.5 Å². The molecule has 0 spiro atoms. The molecule has 1 aromatic rings. The summed E-state index contributed by atoms with van der Waals surface area (Å²) in [5.74, 6) is 0. The molecule has 1 aromatic carbocycles. The van der Waals surface area contributed by atoms with Crippen LogP contribution in [0.25, 0.3) is 0 Å². The summed E-state index contributed by atoms with van der Waals surface area (Å²) in [6.07, 6.45) is -2.40. The van der Waals surface area contributed by atoms with Crippen LogP contribution in [0.3, 0.4) is 0 Å².